The molecule has 16 heavy (non-hydrogen) atoms. The summed E-state index contributed by atoms with van der Waals surface area (Å²) in [6, 6.07) is 8.91. The van der Waals surface area contributed by atoms with Crippen molar-refractivity contribution in [2.45, 2.75) is 39.3 Å². The summed E-state index contributed by atoms with van der Waals surface area (Å²) in [5, 5.41) is 3.41. The van der Waals surface area contributed by atoms with Gasteiger partial charge in [0.15, 0.2) is 0 Å². The lowest BCUT2D eigenvalue weighted by Crippen LogP contribution is -2.21. The van der Waals surface area contributed by atoms with Crippen LogP contribution in [0.25, 0.3) is 0 Å². The molecule has 0 saturated heterocycles. The predicted molar refractivity (Wildman–Crippen MR) is 66.6 cm³/mol. The minimum Gasteiger partial charge on any atom is -0.493 e. The molecule has 0 aromatic heterocycles. The van der Waals surface area contributed by atoms with Crippen molar-refractivity contribution in [3.8, 4) is 5.75 Å². The third kappa shape index (κ3) is 3.86. The Hall–Kier alpha value is -1.02. The van der Waals surface area contributed by atoms with Crippen LogP contribution in [0.15, 0.2) is 24.3 Å². The molecule has 0 radical (unpaired) electrons. The van der Waals surface area contributed by atoms with Gasteiger partial charge in [-0.25, -0.2) is 0 Å². The molecular formula is C14H21NO. The molecule has 1 aliphatic carbocycles. The second kappa shape index (κ2) is 5.35. The molecule has 88 valence electrons. The fraction of sp³-hybridized carbons (Fsp3) is 0.571. The van der Waals surface area contributed by atoms with Gasteiger partial charge in [-0.05, 0) is 36.5 Å². The Labute approximate surface area is 98.0 Å². The van der Waals surface area contributed by atoms with Gasteiger partial charge in [0.05, 0.1) is 6.61 Å². The van der Waals surface area contributed by atoms with Crippen LogP contribution >= 0.6 is 0 Å². The van der Waals surface area contributed by atoms with Crippen molar-refractivity contribution >= 4 is 0 Å². The lowest BCUT2D eigenvalue weighted by molar-refractivity contribution is 0.299. The first-order valence-electron chi connectivity index (χ1n) is 6.19. The molecule has 1 N–H and O–H groups in total. The molecule has 1 fully saturated rings. The van der Waals surface area contributed by atoms with E-state index < -0.39 is 0 Å². The maximum Gasteiger partial charge on any atom is 0.119 e. The van der Waals surface area contributed by atoms with Gasteiger partial charge in [0.2, 0.25) is 0 Å². The monoisotopic (exact) mass is 219 g/mol. The first kappa shape index (κ1) is 11.5. The number of ether oxygens (including phenoxy) is 1. The molecule has 0 aliphatic heterocycles. The van der Waals surface area contributed by atoms with E-state index in [1.54, 1.807) is 0 Å². The Kier molecular flexibility index (Phi) is 3.83. The predicted octanol–water partition coefficient (Wildman–Crippen LogP) is 2.97. The van der Waals surface area contributed by atoms with Crippen LogP contribution in [0.4, 0.5) is 0 Å². The summed E-state index contributed by atoms with van der Waals surface area (Å²) in [6.07, 6.45) is 2.68. The normalized spacial score (nSPS) is 15.4. The Morgan fingerprint density at radius 1 is 1.38 bits per heavy atom. The zero-order valence-electron chi connectivity index (χ0n) is 10.2. The summed E-state index contributed by atoms with van der Waals surface area (Å²) >= 11 is 0. The highest BCUT2D eigenvalue weighted by molar-refractivity contribution is 5.28. The summed E-state index contributed by atoms with van der Waals surface area (Å²) in [7, 11) is 0. The molecule has 1 aromatic rings. The molecule has 2 heteroatoms. The zero-order valence-corrected chi connectivity index (χ0v) is 10.2. The summed E-state index contributed by atoms with van der Waals surface area (Å²) in [5.74, 6) is 1.83. The van der Waals surface area contributed by atoms with Crippen molar-refractivity contribution in [3.63, 3.8) is 0 Å². The van der Waals surface area contributed by atoms with Crippen LogP contribution < -0.4 is 10.1 Å². The van der Waals surface area contributed by atoms with E-state index in [9.17, 15) is 0 Å². The van der Waals surface area contributed by atoms with Gasteiger partial charge < -0.3 is 10.1 Å². The molecule has 2 nitrogen and oxygen atoms in total. The summed E-state index contributed by atoms with van der Waals surface area (Å²) in [4.78, 5) is 0. The van der Waals surface area contributed by atoms with Crippen LogP contribution in [-0.4, -0.2) is 12.6 Å². The van der Waals surface area contributed by atoms with Crippen LogP contribution in [0.5, 0.6) is 5.75 Å². The molecule has 0 amide bonds. The van der Waals surface area contributed by atoms with Gasteiger partial charge in [0.25, 0.3) is 0 Å². The lowest BCUT2D eigenvalue weighted by atomic mass is 10.2. The van der Waals surface area contributed by atoms with Gasteiger partial charge in [-0.15, -0.1) is 0 Å². The van der Waals surface area contributed by atoms with Crippen molar-refractivity contribution in [1.29, 1.82) is 0 Å². The van der Waals surface area contributed by atoms with Crippen LogP contribution in [0.3, 0.4) is 0 Å². The van der Waals surface area contributed by atoms with E-state index in [0.717, 1.165) is 24.8 Å². The van der Waals surface area contributed by atoms with Gasteiger partial charge in [-0.2, -0.15) is 0 Å². The van der Waals surface area contributed by atoms with Crippen molar-refractivity contribution in [1.82, 2.24) is 5.32 Å². The van der Waals surface area contributed by atoms with Gasteiger partial charge >= 0.3 is 0 Å². The smallest absolute Gasteiger partial charge is 0.119 e. The van der Waals surface area contributed by atoms with E-state index in [-0.39, 0.29) is 0 Å². The SMILES string of the molecule is CC(C)NCc1cccc(OCC2CC2)c1. The van der Waals surface area contributed by atoms with E-state index in [2.05, 4.69) is 37.4 Å². The van der Waals surface area contributed by atoms with Gasteiger partial charge in [0.1, 0.15) is 5.75 Å². The highest BCUT2D eigenvalue weighted by Crippen LogP contribution is 2.29. The summed E-state index contributed by atoms with van der Waals surface area (Å²) in [5.41, 5.74) is 1.29. The third-order valence-corrected chi connectivity index (χ3v) is 2.80. The molecule has 1 aliphatic rings. The molecule has 1 aromatic carbocycles. The fourth-order valence-electron chi connectivity index (χ4n) is 1.57. The Morgan fingerprint density at radius 2 is 2.19 bits per heavy atom. The Bertz CT molecular complexity index is 310. The molecule has 0 heterocycles. The zero-order chi connectivity index (χ0) is 11.4. The minimum absolute atomic E-state index is 0.524. The lowest BCUT2D eigenvalue weighted by Gasteiger charge is -2.10. The number of rotatable bonds is 6. The van der Waals surface area contributed by atoms with Gasteiger partial charge in [0, 0.05) is 12.6 Å². The number of hydrogen-bond acceptors (Lipinski definition) is 2. The molecule has 0 spiro atoms. The summed E-state index contributed by atoms with van der Waals surface area (Å²) in [6.45, 7) is 6.13. The number of nitrogens with one attached hydrogen (secondary N) is 1. The van der Waals surface area contributed by atoms with E-state index in [1.807, 2.05) is 6.07 Å². The molecule has 1 saturated carbocycles. The topological polar surface area (TPSA) is 21.3 Å². The highest BCUT2D eigenvalue weighted by Gasteiger charge is 2.21. The van der Waals surface area contributed by atoms with E-state index >= 15 is 0 Å². The Balaban J connectivity index is 1.84. The molecule has 2 rings (SSSR count). The van der Waals surface area contributed by atoms with E-state index in [4.69, 9.17) is 4.74 Å². The van der Waals surface area contributed by atoms with Crippen molar-refractivity contribution in [2.75, 3.05) is 6.61 Å². The number of hydrogen-bond donors (Lipinski definition) is 1. The average molecular weight is 219 g/mol. The summed E-state index contributed by atoms with van der Waals surface area (Å²) < 4.78 is 5.75. The standard InChI is InChI=1S/C14H21NO/c1-11(2)15-9-13-4-3-5-14(8-13)16-10-12-6-7-12/h3-5,8,11-12,15H,6-7,9-10H2,1-2H3. The van der Waals surface area contributed by atoms with Crippen molar-refractivity contribution < 1.29 is 4.74 Å². The largest absolute Gasteiger partial charge is 0.493 e. The number of benzene rings is 1. The maximum atomic E-state index is 5.75. The minimum atomic E-state index is 0.524. The maximum absolute atomic E-state index is 5.75. The third-order valence-electron chi connectivity index (χ3n) is 2.80. The average Bonchev–Trinajstić information content (AvgIpc) is 3.08. The Morgan fingerprint density at radius 3 is 2.88 bits per heavy atom. The quantitative estimate of drug-likeness (QED) is 0.794. The first-order chi connectivity index (χ1) is 7.74. The second-order valence-electron chi connectivity index (χ2n) is 4.94. The molecule has 0 unspecified atom stereocenters. The second-order valence-corrected chi connectivity index (χ2v) is 4.94. The van der Waals surface area contributed by atoms with Crippen LogP contribution in [0.1, 0.15) is 32.3 Å². The fourth-order valence-corrected chi connectivity index (χ4v) is 1.57. The van der Waals surface area contributed by atoms with Crippen LogP contribution in [-0.2, 0) is 6.54 Å². The van der Waals surface area contributed by atoms with Crippen molar-refractivity contribution in [3.05, 3.63) is 29.8 Å². The van der Waals surface area contributed by atoms with Gasteiger partial charge in [-0.3, -0.25) is 0 Å². The van der Waals surface area contributed by atoms with Crippen LogP contribution in [0.2, 0.25) is 0 Å². The molecule has 0 atom stereocenters. The molecular weight excluding hydrogens is 198 g/mol. The van der Waals surface area contributed by atoms with Crippen LogP contribution in [0, 0.1) is 5.92 Å². The molecule has 0 bridgehead atoms. The van der Waals surface area contributed by atoms with Gasteiger partial charge in [-0.1, -0.05) is 26.0 Å². The first-order valence-corrected chi connectivity index (χ1v) is 6.19. The van der Waals surface area contributed by atoms with E-state index in [0.29, 0.717) is 6.04 Å². The van der Waals surface area contributed by atoms with E-state index in [1.165, 1.54) is 18.4 Å². The highest BCUT2D eigenvalue weighted by atomic mass is 16.5. The van der Waals surface area contributed by atoms with Crippen molar-refractivity contribution in [2.24, 2.45) is 5.92 Å².